The first kappa shape index (κ1) is 12.3. The third-order valence-electron chi connectivity index (χ3n) is 2.24. The number of sulfone groups is 1. The standard InChI is InChI=1S/C11H12N4O2S/c1-18(16,17)9-4-2-8(3-5-9)13-11-7-6-10(12)14-15-11/h2-7H,1H3,(H2,12,14)(H,13,15). The molecule has 0 saturated heterocycles. The Kier molecular flexibility index (Phi) is 3.15. The zero-order valence-corrected chi connectivity index (χ0v) is 10.5. The van der Waals surface area contributed by atoms with Crippen molar-refractivity contribution in [2.24, 2.45) is 0 Å². The number of nitrogen functional groups attached to an aromatic ring is 1. The maximum atomic E-state index is 11.3. The van der Waals surface area contributed by atoms with Gasteiger partial charge in [0.25, 0.3) is 0 Å². The van der Waals surface area contributed by atoms with Crippen LogP contribution in [0.1, 0.15) is 0 Å². The second kappa shape index (κ2) is 4.61. The number of aromatic nitrogens is 2. The van der Waals surface area contributed by atoms with Crippen LogP contribution in [0.5, 0.6) is 0 Å². The topological polar surface area (TPSA) is 98.0 Å². The molecule has 7 heteroatoms. The van der Waals surface area contributed by atoms with E-state index in [-0.39, 0.29) is 4.90 Å². The van der Waals surface area contributed by atoms with Crippen molar-refractivity contribution in [1.29, 1.82) is 0 Å². The van der Waals surface area contributed by atoms with E-state index in [2.05, 4.69) is 15.5 Å². The van der Waals surface area contributed by atoms with Crippen LogP contribution >= 0.6 is 0 Å². The van der Waals surface area contributed by atoms with E-state index in [1.165, 1.54) is 18.4 Å². The molecule has 0 radical (unpaired) electrons. The van der Waals surface area contributed by atoms with Gasteiger partial charge in [-0.25, -0.2) is 8.42 Å². The summed E-state index contributed by atoms with van der Waals surface area (Å²) in [4.78, 5) is 0.274. The summed E-state index contributed by atoms with van der Waals surface area (Å²) in [6, 6.07) is 9.70. The van der Waals surface area contributed by atoms with E-state index in [1.54, 1.807) is 24.3 Å². The Morgan fingerprint density at radius 2 is 1.72 bits per heavy atom. The molecule has 0 atom stereocenters. The SMILES string of the molecule is CS(=O)(=O)c1ccc(Nc2ccc(N)nn2)cc1. The van der Waals surface area contributed by atoms with Crippen LogP contribution in [-0.2, 0) is 9.84 Å². The Morgan fingerprint density at radius 1 is 1.06 bits per heavy atom. The van der Waals surface area contributed by atoms with Gasteiger partial charge < -0.3 is 11.1 Å². The predicted octanol–water partition coefficient (Wildman–Crippen LogP) is 1.21. The summed E-state index contributed by atoms with van der Waals surface area (Å²) in [7, 11) is -3.17. The van der Waals surface area contributed by atoms with E-state index in [0.717, 1.165) is 5.69 Å². The highest BCUT2D eigenvalue weighted by Crippen LogP contribution is 2.17. The van der Waals surface area contributed by atoms with Gasteiger partial charge in [-0.3, -0.25) is 0 Å². The molecule has 0 bridgehead atoms. The van der Waals surface area contributed by atoms with Crippen molar-refractivity contribution in [3.05, 3.63) is 36.4 Å². The molecular formula is C11H12N4O2S. The van der Waals surface area contributed by atoms with Crippen molar-refractivity contribution >= 4 is 27.2 Å². The summed E-state index contributed by atoms with van der Waals surface area (Å²) in [5.41, 5.74) is 6.14. The molecule has 0 saturated carbocycles. The van der Waals surface area contributed by atoms with Crippen molar-refractivity contribution in [3.63, 3.8) is 0 Å². The minimum Gasteiger partial charge on any atom is -0.382 e. The van der Waals surface area contributed by atoms with Crippen molar-refractivity contribution < 1.29 is 8.42 Å². The summed E-state index contributed by atoms with van der Waals surface area (Å²) < 4.78 is 22.6. The summed E-state index contributed by atoms with van der Waals surface area (Å²) in [6.07, 6.45) is 1.17. The summed E-state index contributed by atoms with van der Waals surface area (Å²) in [5.74, 6) is 0.879. The minimum atomic E-state index is -3.17. The van der Waals surface area contributed by atoms with Crippen LogP contribution in [0.4, 0.5) is 17.3 Å². The Morgan fingerprint density at radius 3 is 2.22 bits per heavy atom. The summed E-state index contributed by atoms with van der Waals surface area (Å²) in [5, 5.41) is 10.5. The Labute approximate surface area is 105 Å². The van der Waals surface area contributed by atoms with E-state index in [4.69, 9.17) is 5.73 Å². The monoisotopic (exact) mass is 264 g/mol. The Hall–Kier alpha value is -2.15. The highest BCUT2D eigenvalue weighted by molar-refractivity contribution is 7.90. The first-order valence-corrected chi connectivity index (χ1v) is 7.01. The molecular weight excluding hydrogens is 252 g/mol. The molecule has 18 heavy (non-hydrogen) atoms. The van der Waals surface area contributed by atoms with Crippen LogP contribution in [-0.4, -0.2) is 24.9 Å². The van der Waals surface area contributed by atoms with Crippen molar-refractivity contribution in [2.75, 3.05) is 17.3 Å². The summed E-state index contributed by atoms with van der Waals surface area (Å²) in [6.45, 7) is 0. The van der Waals surface area contributed by atoms with Crippen LogP contribution in [0.2, 0.25) is 0 Å². The van der Waals surface area contributed by atoms with Gasteiger partial charge >= 0.3 is 0 Å². The van der Waals surface area contributed by atoms with Gasteiger partial charge in [0.05, 0.1) is 4.90 Å². The van der Waals surface area contributed by atoms with E-state index in [1.807, 2.05) is 0 Å². The molecule has 2 aromatic rings. The first-order chi connectivity index (χ1) is 8.45. The molecule has 6 nitrogen and oxygen atoms in total. The normalized spacial score (nSPS) is 11.2. The lowest BCUT2D eigenvalue weighted by Gasteiger charge is -2.05. The van der Waals surface area contributed by atoms with Crippen LogP contribution in [0, 0.1) is 0 Å². The lowest BCUT2D eigenvalue weighted by Crippen LogP contribution is -1.99. The third-order valence-corrected chi connectivity index (χ3v) is 3.37. The second-order valence-corrected chi connectivity index (χ2v) is 5.78. The number of anilines is 3. The zero-order chi connectivity index (χ0) is 13.2. The molecule has 0 amide bonds. The molecule has 0 unspecified atom stereocenters. The average molecular weight is 264 g/mol. The number of rotatable bonds is 3. The first-order valence-electron chi connectivity index (χ1n) is 5.11. The molecule has 3 N–H and O–H groups in total. The Bertz CT molecular complexity index is 636. The third kappa shape index (κ3) is 2.95. The molecule has 94 valence electrons. The highest BCUT2D eigenvalue weighted by Gasteiger charge is 2.06. The number of hydrogen-bond acceptors (Lipinski definition) is 6. The lowest BCUT2D eigenvalue weighted by molar-refractivity contribution is 0.602. The van der Waals surface area contributed by atoms with E-state index >= 15 is 0 Å². The van der Waals surface area contributed by atoms with Gasteiger partial charge in [0, 0.05) is 11.9 Å². The quantitative estimate of drug-likeness (QED) is 0.864. The van der Waals surface area contributed by atoms with Gasteiger partial charge in [0.1, 0.15) is 5.82 Å². The second-order valence-electron chi connectivity index (χ2n) is 3.76. The van der Waals surface area contributed by atoms with Crippen LogP contribution in [0.3, 0.4) is 0 Å². The molecule has 2 rings (SSSR count). The highest BCUT2D eigenvalue weighted by atomic mass is 32.2. The predicted molar refractivity (Wildman–Crippen MR) is 69.3 cm³/mol. The fraction of sp³-hybridized carbons (Fsp3) is 0.0909. The maximum absolute atomic E-state index is 11.3. The molecule has 1 aromatic heterocycles. The minimum absolute atomic E-state index is 0.274. The average Bonchev–Trinajstić information content (AvgIpc) is 2.32. The molecule has 0 aliphatic carbocycles. The fourth-order valence-electron chi connectivity index (χ4n) is 1.34. The van der Waals surface area contributed by atoms with E-state index in [9.17, 15) is 8.42 Å². The fourth-order valence-corrected chi connectivity index (χ4v) is 1.97. The number of nitrogens with two attached hydrogens (primary N) is 1. The van der Waals surface area contributed by atoms with Crippen LogP contribution in [0.15, 0.2) is 41.3 Å². The molecule has 0 spiro atoms. The van der Waals surface area contributed by atoms with Crippen LogP contribution < -0.4 is 11.1 Å². The van der Waals surface area contributed by atoms with E-state index < -0.39 is 9.84 Å². The van der Waals surface area contributed by atoms with Crippen molar-refractivity contribution in [1.82, 2.24) is 10.2 Å². The summed E-state index contributed by atoms with van der Waals surface area (Å²) >= 11 is 0. The number of benzene rings is 1. The number of nitrogens with one attached hydrogen (secondary N) is 1. The van der Waals surface area contributed by atoms with Gasteiger partial charge in [0.15, 0.2) is 15.7 Å². The smallest absolute Gasteiger partial charge is 0.175 e. The molecule has 0 aliphatic rings. The van der Waals surface area contributed by atoms with Gasteiger partial charge in [-0.1, -0.05) is 0 Å². The number of hydrogen-bond donors (Lipinski definition) is 2. The molecule has 1 aromatic carbocycles. The van der Waals surface area contributed by atoms with Crippen molar-refractivity contribution in [2.45, 2.75) is 4.90 Å². The zero-order valence-electron chi connectivity index (χ0n) is 9.66. The molecule has 0 fully saturated rings. The van der Waals surface area contributed by atoms with Gasteiger partial charge in [-0.15, -0.1) is 10.2 Å². The maximum Gasteiger partial charge on any atom is 0.175 e. The van der Waals surface area contributed by atoms with Gasteiger partial charge in [0.2, 0.25) is 0 Å². The van der Waals surface area contributed by atoms with Gasteiger partial charge in [-0.05, 0) is 36.4 Å². The van der Waals surface area contributed by atoms with Crippen molar-refractivity contribution in [3.8, 4) is 0 Å². The molecule has 1 heterocycles. The number of nitrogens with zero attached hydrogens (tertiary/aromatic N) is 2. The Balaban J connectivity index is 2.18. The van der Waals surface area contributed by atoms with E-state index in [0.29, 0.717) is 11.6 Å². The van der Waals surface area contributed by atoms with Gasteiger partial charge in [-0.2, -0.15) is 0 Å². The molecule has 0 aliphatic heterocycles. The lowest BCUT2D eigenvalue weighted by atomic mass is 10.3. The van der Waals surface area contributed by atoms with Crippen LogP contribution in [0.25, 0.3) is 0 Å². The largest absolute Gasteiger partial charge is 0.382 e.